The number of hydrogen-bond donors (Lipinski definition) is 1. The molecule has 0 radical (unpaired) electrons. The average Bonchev–Trinajstić information content (AvgIpc) is 3.18. The molecule has 0 aliphatic heterocycles. The zero-order valence-electron chi connectivity index (χ0n) is 14.1. The molecule has 6 nitrogen and oxygen atoms in total. The number of aromatic nitrogens is 1. The van der Waals surface area contributed by atoms with E-state index in [9.17, 15) is 9.59 Å². The monoisotopic (exact) mass is 372 g/mol. The van der Waals surface area contributed by atoms with Crippen LogP contribution in [0.15, 0.2) is 47.1 Å². The van der Waals surface area contributed by atoms with Crippen LogP contribution >= 0.6 is 11.6 Å². The summed E-state index contributed by atoms with van der Waals surface area (Å²) in [5, 5.41) is 4.04. The Balaban J connectivity index is 1.54. The van der Waals surface area contributed by atoms with E-state index >= 15 is 0 Å². The molecule has 0 aliphatic carbocycles. The van der Waals surface area contributed by atoms with Gasteiger partial charge in [-0.3, -0.25) is 9.59 Å². The number of halogens is 1. The molecule has 0 unspecified atom stereocenters. The molecule has 7 heteroatoms. The molecule has 1 N–H and O–H groups in total. The summed E-state index contributed by atoms with van der Waals surface area (Å²) in [5.41, 5.74) is 2.20. The number of carbonyl (C=O) groups is 2. The van der Waals surface area contributed by atoms with Crippen molar-refractivity contribution in [1.82, 2.24) is 10.3 Å². The van der Waals surface area contributed by atoms with Crippen LogP contribution in [-0.2, 0) is 16.1 Å². The lowest BCUT2D eigenvalue weighted by atomic mass is 10.1. The fraction of sp³-hybridized carbons (Fsp3) is 0.211. The maximum absolute atomic E-state index is 11.9. The number of rotatable bonds is 6. The summed E-state index contributed by atoms with van der Waals surface area (Å²) in [6, 6.07) is 10.8. The molecule has 0 saturated carbocycles. The van der Waals surface area contributed by atoms with E-state index in [1.807, 2.05) is 31.2 Å². The van der Waals surface area contributed by atoms with Crippen molar-refractivity contribution >= 4 is 34.4 Å². The molecule has 0 atom stereocenters. The lowest BCUT2D eigenvalue weighted by Crippen LogP contribution is -2.26. The number of amides is 1. The Hall–Kier alpha value is -2.86. The minimum Gasteiger partial charge on any atom is -0.459 e. The quantitative estimate of drug-likeness (QED) is 0.668. The number of esters is 1. The van der Waals surface area contributed by atoms with Crippen LogP contribution in [-0.4, -0.2) is 23.4 Å². The van der Waals surface area contributed by atoms with Crippen molar-refractivity contribution in [2.24, 2.45) is 0 Å². The fourth-order valence-corrected chi connectivity index (χ4v) is 2.71. The molecule has 0 saturated heterocycles. The van der Waals surface area contributed by atoms with E-state index in [1.54, 1.807) is 12.1 Å². The summed E-state index contributed by atoms with van der Waals surface area (Å²) in [6.07, 6.45) is 1.45. The van der Waals surface area contributed by atoms with E-state index in [1.165, 1.54) is 6.26 Å². The molecule has 0 spiro atoms. The second-order valence-electron chi connectivity index (χ2n) is 5.66. The highest BCUT2D eigenvalue weighted by molar-refractivity contribution is 6.32. The first-order valence-corrected chi connectivity index (χ1v) is 8.45. The van der Waals surface area contributed by atoms with Crippen LogP contribution in [0.1, 0.15) is 28.2 Å². The molecular weight excluding hydrogens is 356 g/mol. The van der Waals surface area contributed by atoms with Gasteiger partial charge in [0.25, 0.3) is 5.91 Å². The first kappa shape index (κ1) is 17.9. The number of benzene rings is 1. The van der Waals surface area contributed by atoms with E-state index in [0.29, 0.717) is 10.7 Å². The van der Waals surface area contributed by atoms with Gasteiger partial charge in [0.15, 0.2) is 5.76 Å². The number of furan rings is 1. The number of fused-ring (bicyclic) bond motifs is 1. The number of carbonyl (C=O) groups excluding carboxylic acids is 2. The van der Waals surface area contributed by atoms with Gasteiger partial charge >= 0.3 is 5.97 Å². The predicted octanol–water partition coefficient (Wildman–Crippen LogP) is 3.65. The zero-order valence-corrected chi connectivity index (χ0v) is 14.9. The molecule has 2 aromatic heterocycles. The molecule has 0 aliphatic rings. The van der Waals surface area contributed by atoms with E-state index in [-0.39, 0.29) is 31.2 Å². The van der Waals surface area contributed by atoms with E-state index in [2.05, 4.69) is 10.3 Å². The largest absolute Gasteiger partial charge is 0.459 e. The minimum absolute atomic E-state index is 0.0184. The van der Waals surface area contributed by atoms with Crippen molar-refractivity contribution in [3.05, 3.63) is 64.7 Å². The molecule has 26 heavy (non-hydrogen) atoms. The highest BCUT2D eigenvalue weighted by Crippen LogP contribution is 2.27. The number of pyridine rings is 1. The number of nitrogens with zero attached hydrogens (tertiary/aromatic N) is 1. The average molecular weight is 373 g/mol. The van der Waals surface area contributed by atoms with E-state index < -0.39 is 5.97 Å². The summed E-state index contributed by atoms with van der Waals surface area (Å²) in [5.74, 6) is -0.632. The van der Waals surface area contributed by atoms with Gasteiger partial charge in [0.1, 0.15) is 6.61 Å². The van der Waals surface area contributed by atoms with Gasteiger partial charge in [-0.15, -0.1) is 0 Å². The molecule has 2 heterocycles. The molecule has 134 valence electrons. The highest BCUT2D eigenvalue weighted by atomic mass is 35.5. The number of para-hydroxylation sites is 1. The third-order valence-corrected chi connectivity index (χ3v) is 4.38. The van der Waals surface area contributed by atoms with Crippen LogP contribution in [0.25, 0.3) is 10.9 Å². The third-order valence-electron chi connectivity index (χ3n) is 3.88. The summed E-state index contributed by atoms with van der Waals surface area (Å²) in [4.78, 5) is 28.0. The molecule has 1 amide bonds. The minimum atomic E-state index is -0.451. The van der Waals surface area contributed by atoms with Crippen molar-refractivity contribution in [2.75, 3.05) is 6.54 Å². The second kappa shape index (κ2) is 8.01. The molecule has 0 bridgehead atoms. The zero-order chi connectivity index (χ0) is 18.5. The van der Waals surface area contributed by atoms with Crippen LogP contribution in [0, 0.1) is 6.92 Å². The van der Waals surface area contributed by atoms with Crippen molar-refractivity contribution < 1.29 is 18.7 Å². The Morgan fingerprint density at radius 1 is 1.23 bits per heavy atom. The second-order valence-corrected chi connectivity index (χ2v) is 6.04. The molecular formula is C19H17ClN2O4. The Morgan fingerprint density at radius 3 is 2.81 bits per heavy atom. The number of hydrogen-bond acceptors (Lipinski definition) is 5. The maximum Gasteiger partial charge on any atom is 0.307 e. The van der Waals surface area contributed by atoms with E-state index in [0.717, 1.165) is 16.5 Å². The number of ether oxygens (including phenoxy) is 1. The summed E-state index contributed by atoms with van der Waals surface area (Å²) in [6.45, 7) is 2.04. The van der Waals surface area contributed by atoms with Crippen molar-refractivity contribution in [3.63, 3.8) is 0 Å². The van der Waals surface area contributed by atoms with Crippen LogP contribution < -0.4 is 5.32 Å². The SMILES string of the molecule is Cc1c(Cl)c(COC(=O)CCNC(=O)c2ccco2)nc2ccccc12. The van der Waals surface area contributed by atoms with Gasteiger partial charge in [-0.1, -0.05) is 29.8 Å². The predicted molar refractivity (Wildman–Crippen MR) is 96.9 cm³/mol. The highest BCUT2D eigenvalue weighted by Gasteiger charge is 2.13. The van der Waals surface area contributed by atoms with Crippen molar-refractivity contribution in [3.8, 4) is 0 Å². The molecule has 3 aromatic rings. The Bertz CT molecular complexity index is 938. The topological polar surface area (TPSA) is 81.4 Å². The molecule has 3 rings (SSSR count). The lowest BCUT2D eigenvalue weighted by molar-refractivity contribution is -0.144. The number of nitrogens with one attached hydrogen (secondary N) is 1. The smallest absolute Gasteiger partial charge is 0.307 e. The van der Waals surface area contributed by atoms with Crippen molar-refractivity contribution in [2.45, 2.75) is 20.0 Å². The van der Waals surface area contributed by atoms with Crippen molar-refractivity contribution in [1.29, 1.82) is 0 Å². The van der Waals surface area contributed by atoms with Crippen LogP contribution in [0.5, 0.6) is 0 Å². The molecule has 0 fully saturated rings. The van der Waals surface area contributed by atoms with Gasteiger partial charge in [-0.05, 0) is 30.7 Å². The number of aryl methyl sites for hydroxylation is 1. The molecule has 1 aromatic carbocycles. The standard InChI is InChI=1S/C19H17ClN2O4/c1-12-13-5-2-3-6-14(13)22-15(18(12)20)11-26-17(23)8-9-21-19(24)16-7-4-10-25-16/h2-7,10H,8-9,11H2,1H3,(H,21,24). The van der Waals surface area contributed by atoms with Gasteiger partial charge in [-0.2, -0.15) is 0 Å². The van der Waals surface area contributed by atoms with Crippen LogP contribution in [0.2, 0.25) is 5.02 Å². The van der Waals surface area contributed by atoms with Gasteiger partial charge < -0.3 is 14.5 Å². The van der Waals surface area contributed by atoms with Crippen LogP contribution in [0.4, 0.5) is 0 Å². The normalized spacial score (nSPS) is 10.7. The Morgan fingerprint density at radius 2 is 2.04 bits per heavy atom. The Labute approximate surface area is 155 Å². The lowest BCUT2D eigenvalue weighted by Gasteiger charge is -2.10. The van der Waals surface area contributed by atoms with Gasteiger partial charge in [-0.25, -0.2) is 4.98 Å². The fourth-order valence-electron chi connectivity index (χ4n) is 2.51. The summed E-state index contributed by atoms with van der Waals surface area (Å²) in [7, 11) is 0. The first-order valence-electron chi connectivity index (χ1n) is 8.07. The summed E-state index contributed by atoms with van der Waals surface area (Å²) < 4.78 is 10.2. The van der Waals surface area contributed by atoms with Gasteiger partial charge in [0, 0.05) is 11.9 Å². The van der Waals surface area contributed by atoms with Crippen LogP contribution in [0.3, 0.4) is 0 Å². The maximum atomic E-state index is 11.9. The third kappa shape index (κ3) is 4.03. The van der Waals surface area contributed by atoms with Gasteiger partial charge in [0.05, 0.1) is 28.9 Å². The van der Waals surface area contributed by atoms with E-state index in [4.69, 9.17) is 20.8 Å². The Kier molecular flexibility index (Phi) is 5.53. The summed E-state index contributed by atoms with van der Waals surface area (Å²) >= 11 is 6.34. The van der Waals surface area contributed by atoms with Gasteiger partial charge in [0.2, 0.25) is 0 Å². The first-order chi connectivity index (χ1) is 12.6.